The average Bonchev–Trinajstić information content (AvgIpc) is 3.16. The lowest BCUT2D eigenvalue weighted by Gasteiger charge is -2.31. The van der Waals surface area contributed by atoms with Gasteiger partial charge in [-0.3, -0.25) is 9.59 Å². The predicted molar refractivity (Wildman–Crippen MR) is 97.7 cm³/mol. The zero-order valence-electron chi connectivity index (χ0n) is 15.7. The fraction of sp³-hybridized carbons (Fsp3) is 0.474. The number of piperidine rings is 1. The minimum Gasteiger partial charge on any atom is -0.387 e. The lowest BCUT2D eigenvalue weighted by molar-refractivity contribution is -0.135. The second kappa shape index (κ2) is 7.51. The fourth-order valence-corrected chi connectivity index (χ4v) is 3.70. The Hall–Kier alpha value is -2.88. The molecule has 0 saturated carbocycles. The van der Waals surface area contributed by atoms with Crippen molar-refractivity contribution in [3.05, 3.63) is 41.3 Å². The third-order valence-electron chi connectivity index (χ3n) is 5.42. The van der Waals surface area contributed by atoms with Crippen molar-refractivity contribution < 1.29 is 23.5 Å². The maximum Gasteiger partial charge on any atom is 0.255 e. The maximum absolute atomic E-state index is 13.3. The monoisotopic (exact) mass is 405 g/mol. The van der Waals surface area contributed by atoms with E-state index in [-0.39, 0.29) is 37.7 Å². The molecule has 0 spiro atoms. The molecule has 2 aliphatic rings. The number of aliphatic hydroxyl groups excluding tert-OH is 1. The summed E-state index contributed by atoms with van der Waals surface area (Å²) < 4.78 is 28.2. The van der Waals surface area contributed by atoms with E-state index in [0.29, 0.717) is 30.9 Å². The van der Waals surface area contributed by atoms with Gasteiger partial charge in [0.2, 0.25) is 5.91 Å². The van der Waals surface area contributed by atoms with E-state index < -0.39 is 12.5 Å². The Kier molecular flexibility index (Phi) is 5.03. The fourth-order valence-electron chi connectivity index (χ4n) is 3.70. The Morgan fingerprint density at radius 2 is 1.86 bits per heavy atom. The van der Waals surface area contributed by atoms with Crippen molar-refractivity contribution in [2.24, 2.45) is 0 Å². The molecule has 1 saturated heterocycles. The molecule has 0 unspecified atom stereocenters. The van der Waals surface area contributed by atoms with Gasteiger partial charge >= 0.3 is 0 Å². The van der Waals surface area contributed by atoms with Gasteiger partial charge in [-0.15, -0.1) is 0 Å². The molecule has 0 aromatic carbocycles. The first kappa shape index (κ1) is 19.4. The first-order valence-corrected chi connectivity index (χ1v) is 9.46. The smallest absolute Gasteiger partial charge is 0.255 e. The summed E-state index contributed by atoms with van der Waals surface area (Å²) in [6.45, 7) is 0.404. The van der Waals surface area contributed by atoms with Crippen LogP contribution in [0, 0.1) is 0 Å². The van der Waals surface area contributed by atoms with Crippen LogP contribution in [0.15, 0.2) is 24.5 Å². The van der Waals surface area contributed by atoms with Crippen LogP contribution in [0.3, 0.4) is 0 Å². The highest BCUT2D eigenvalue weighted by Crippen LogP contribution is 2.28. The normalized spacial score (nSPS) is 18.4. The topological polar surface area (TPSA) is 91.6 Å². The van der Waals surface area contributed by atoms with Crippen molar-refractivity contribution in [3.63, 3.8) is 0 Å². The molecule has 8 nitrogen and oxygen atoms in total. The molecule has 2 aromatic rings. The van der Waals surface area contributed by atoms with Crippen LogP contribution in [-0.4, -0.2) is 73.6 Å². The van der Waals surface area contributed by atoms with Gasteiger partial charge in [-0.2, -0.15) is 5.10 Å². The molecule has 10 heteroatoms. The molecule has 2 aromatic heterocycles. The van der Waals surface area contributed by atoms with Gasteiger partial charge in [-0.1, -0.05) is 0 Å². The van der Waals surface area contributed by atoms with Gasteiger partial charge in [0.05, 0.1) is 17.5 Å². The van der Waals surface area contributed by atoms with Crippen molar-refractivity contribution >= 4 is 11.8 Å². The van der Waals surface area contributed by atoms with Gasteiger partial charge in [0.25, 0.3) is 11.8 Å². The van der Waals surface area contributed by atoms with Gasteiger partial charge < -0.3 is 14.9 Å². The number of pyridine rings is 1. The first-order chi connectivity index (χ1) is 13.9. The average molecular weight is 405 g/mol. The van der Waals surface area contributed by atoms with Crippen molar-refractivity contribution in [1.82, 2.24) is 24.6 Å². The molecule has 1 fully saturated rings. The molecule has 2 amide bonds. The van der Waals surface area contributed by atoms with Crippen molar-refractivity contribution in [2.75, 3.05) is 26.2 Å². The third kappa shape index (κ3) is 3.84. The summed E-state index contributed by atoms with van der Waals surface area (Å²) in [6.07, 6.45) is 3.04. The van der Waals surface area contributed by atoms with Crippen LogP contribution in [-0.2, 0) is 17.8 Å². The molecule has 4 rings (SSSR count). The highest BCUT2D eigenvalue weighted by atomic mass is 19.3. The van der Waals surface area contributed by atoms with E-state index in [4.69, 9.17) is 5.11 Å². The van der Waals surface area contributed by atoms with E-state index in [2.05, 4.69) is 10.1 Å². The number of halogens is 2. The summed E-state index contributed by atoms with van der Waals surface area (Å²) in [5.74, 6) is -2.79. The second-order valence-electron chi connectivity index (χ2n) is 7.30. The van der Waals surface area contributed by atoms with E-state index in [1.165, 1.54) is 11.1 Å². The highest BCUT2D eigenvalue weighted by Gasteiger charge is 2.35. The van der Waals surface area contributed by atoms with Crippen LogP contribution in [0.2, 0.25) is 0 Å². The first-order valence-electron chi connectivity index (χ1n) is 9.46. The number of carbonyl (C=O) groups excluding carboxylic acids is 2. The van der Waals surface area contributed by atoms with Crippen LogP contribution in [0.4, 0.5) is 8.78 Å². The Labute approximate surface area is 165 Å². The Morgan fingerprint density at radius 3 is 2.52 bits per heavy atom. The predicted octanol–water partition coefficient (Wildman–Crippen LogP) is 1.02. The lowest BCUT2D eigenvalue weighted by Crippen LogP contribution is -2.42. The summed E-state index contributed by atoms with van der Waals surface area (Å²) in [6, 6.07) is 3.29. The number of carbonyl (C=O) groups is 2. The van der Waals surface area contributed by atoms with Crippen LogP contribution in [0.1, 0.15) is 34.5 Å². The number of hydrogen-bond acceptors (Lipinski definition) is 5. The molecule has 0 bridgehead atoms. The lowest BCUT2D eigenvalue weighted by atomic mass is 10.1. The summed E-state index contributed by atoms with van der Waals surface area (Å²) >= 11 is 0. The number of hydrogen-bond donors (Lipinski definition) is 1. The molecular formula is C19H21F2N5O3. The van der Waals surface area contributed by atoms with E-state index >= 15 is 0 Å². The van der Waals surface area contributed by atoms with Crippen LogP contribution >= 0.6 is 0 Å². The molecule has 4 heterocycles. The third-order valence-corrected chi connectivity index (χ3v) is 5.42. The second-order valence-corrected chi connectivity index (χ2v) is 7.30. The molecule has 0 atom stereocenters. The Balaban J connectivity index is 1.47. The van der Waals surface area contributed by atoms with E-state index in [0.717, 1.165) is 11.3 Å². The standard InChI is InChI=1S/C19H21F2N5O3/c20-19(21)4-7-24(8-5-19)18(29)13-1-2-16(22-9-13)26-15-3-6-25(17(28)12-27)11-14(15)10-23-26/h1-2,9-10,27H,3-8,11-12H2. The SMILES string of the molecule is O=C(CO)N1CCc2c(cnn2-c2ccc(C(=O)N3CCC(F)(F)CC3)cn2)C1. The van der Waals surface area contributed by atoms with E-state index in [1.807, 2.05) is 0 Å². The van der Waals surface area contributed by atoms with Gasteiger partial charge in [-0.25, -0.2) is 18.4 Å². The molecule has 29 heavy (non-hydrogen) atoms. The molecular weight excluding hydrogens is 384 g/mol. The molecule has 154 valence electrons. The maximum atomic E-state index is 13.3. The Bertz CT molecular complexity index is 918. The van der Waals surface area contributed by atoms with Crippen LogP contribution < -0.4 is 0 Å². The summed E-state index contributed by atoms with van der Waals surface area (Å²) in [5.41, 5.74) is 2.16. The number of nitrogens with zero attached hydrogens (tertiary/aromatic N) is 5. The summed E-state index contributed by atoms with van der Waals surface area (Å²) in [5, 5.41) is 13.4. The van der Waals surface area contributed by atoms with Crippen molar-refractivity contribution in [3.8, 4) is 5.82 Å². The minimum absolute atomic E-state index is 0.0311. The highest BCUT2D eigenvalue weighted by molar-refractivity contribution is 5.94. The number of fused-ring (bicyclic) bond motifs is 1. The zero-order chi connectivity index (χ0) is 20.6. The molecule has 2 aliphatic heterocycles. The molecule has 0 radical (unpaired) electrons. The van der Waals surface area contributed by atoms with Crippen molar-refractivity contribution in [1.29, 1.82) is 0 Å². The van der Waals surface area contributed by atoms with E-state index in [1.54, 1.807) is 27.9 Å². The number of likely N-dealkylation sites (tertiary alicyclic amines) is 1. The largest absolute Gasteiger partial charge is 0.387 e. The summed E-state index contributed by atoms with van der Waals surface area (Å²) in [7, 11) is 0. The van der Waals surface area contributed by atoms with Crippen molar-refractivity contribution in [2.45, 2.75) is 31.7 Å². The number of aliphatic hydroxyl groups is 1. The zero-order valence-corrected chi connectivity index (χ0v) is 15.7. The summed E-state index contributed by atoms with van der Waals surface area (Å²) in [4.78, 5) is 31.5. The van der Waals surface area contributed by atoms with Gasteiger partial charge in [0.15, 0.2) is 5.82 Å². The van der Waals surface area contributed by atoms with Gasteiger partial charge in [-0.05, 0) is 12.1 Å². The Morgan fingerprint density at radius 1 is 1.10 bits per heavy atom. The minimum atomic E-state index is -2.70. The van der Waals surface area contributed by atoms with Crippen LogP contribution in [0.5, 0.6) is 0 Å². The number of amides is 2. The molecule has 1 N–H and O–H groups in total. The van der Waals surface area contributed by atoms with E-state index in [9.17, 15) is 18.4 Å². The number of alkyl halides is 2. The quantitative estimate of drug-likeness (QED) is 0.823. The van der Waals surface area contributed by atoms with Gasteiger partial charge in [0, 0.05) is 57.2 Å². The van der Waals surface area contributed by atoms with Crippen LogP contribution in [0.25, 0.3) is 5.82 Å². The number of aromatic nitrogens is 3. The number of rotatable bonds is 3. The van der Waals surface area contributed by atoms with Gasteiger partial charge in [0.1, 0.15) is 6.61 Å². The molecule has 0 aliphatic carbocycles.